The van der Waals surface area contributed by atoms with E-state index in [2.05, 4.69) is 0 Å². The molecule has 0 aliphatic carbocycles. The number of rotatable bonds is 4. The van der Waals surface area contributed by atoms with Crippen LogP contribution in [0.2, 0.25) is 0 Å². The van der Waals surface area contributed by atoms with Crippen LogP contribution in [0.1, 0.15) is 25.3 Å². The highest BCUT2D eigenvalue weighted by atomic mass is 16.8. The molecule has 0 bridgehead atoms. The van der Waals surface area contributed by atoms with E-state index in [4.69, 9.17) is 25.7 Å². The fourth-order valence-electron chi connectivity index (χ4n) is 2.73. The lowest BCUT2D eigenvalue weighted by atomic mass is 9.78. The lowest BCUT2D eigenvalue weighted by molar-refractivity contribution is -0.394. The number of hydrogen-bond acceptors (Lipinski definition) is 8. The Balaban J connectivity index is 2.73. The van der Waals surface area contributed by atoms with Crippen LogP contribution in [-0.2, 0) is 14.3 Å². The number of nitrogens with zero attached hydrogens (tertiary/aromatic N) is 3. The van der Waals surface area contributed by atoms with E-state index in [1.807, 2.05) is 6.07 Å². The number of benzene rings is 1. The van der Waals surface area contributed by atoms with Gasteiger partial charge in [0.05, 0.1) is 29.2 Å². The monoisotopic (exact) mass is 363 g/mol. The largest absolute Gasteiger partial charge is 0.575 e. The highest BCUT2D eigenvalue weighted by molar-refractivity contribution is 5.91. The minimum absolute atomic E-state index is 0.339. The van der Waals surface area contributed by atoms with Crippen molar-refractivity contribution in [3.63, 3.8) is 0 Å². The molecule has 8 heteroatoms. The van der Waals surface area contributed by atoms with Crippen molar-refractivity contribution in [2.45, 2.75) is 25.6 Å². The molecule has 0 unspecified atom stereocenters. The molecule has 2 N–H and O–H groups in total. The summed E-state index contributed by atoms with van der Waals surface area (Å²) in [5, 5.41) is 40.3. The molecule has 0 fully saturated rings. The molecule has 2 rings (SSSR count). The molecule has 0 saturated carbocycles. The van der Waals surface area contributed by atoms with Gasteiger partial charge in [0.1, 0.15) is 17.7 Å². The minimum Gasteiger partial charge on any atom is -0.575 e. The van der Waals surface area contributed by atoms with Gasteiger partial charge in [0, 0.05) is 5.92 Å². The number of nitrogens with two attached hydrogens (primary N) is 1. The predicted molar refractivity (Wildman–Crippen MR) is 89.0 cm³/mol. The summed E-state index contributed by atoms with van der Waals surface area (Å²) in [5.41, 5.74) is 5.05. The lowest BCUT2D eigenvalue weighted by Crippen LogP contribution is -2.42. The number of carbonyl (C=O) groups is 1. The Morgan fingerprint density at radius 2 is 1.74 bits per heavy atom. The molecular weight excluding hydrogens is 348 g/mol. The second-order valence-electron chi connectivity index (χ2n) is 6.14. The molecule has 1 aliphatic heterocycles. The number of nitriles is 3. The quantitative estimate of drug-likeness (QED) is 0.614. The van der Waals surface area contributed by atoms with Gasteiger partial charge in [-0.1, -0.05) is 30.3 Å². The maximum Gasteiger partial charge on any atom is 0.337 e. The molecule has 2 atom stereocenters. The van der Waals surface area contributed by atoms with Crippen LogP contribution in [0.25, 0.3) is 0 Å². The van der Waals surface area contributed by atoms with Gasteiger partial charge in [-0.25, -0.2) is 4.79 Å². The lowest BCUT2D eigenvalue weighted by Gasteiger charge is -2.41. The van der Waals surface area contributed by atoms with Crippen LogP contribution in [0.3, 0.4) is 0 Å². The van der Waals surface area contributed by atoms with Crippen LogP contribution in [-0.4, -0.2) is 11.8 Å². The summed E-state index contributed by atoms with van der Waals surface area (Å²) in [7, 11) is 0. The van der Waals surface area contributed by atoms with Gasteiger partial charge >= 0.3 is 5.97 Å². The smallest absolute Gasteiger partial charge is 0.337 e. The van der Waals surface area contributed by atoms with E-state index in [9.17, 15) is 15.2 Å². The number of hydrogen-bond donors (Lipinski definition) is 1. The summed E-state index contributed by atoms with van der Waals surface area (Å²) in [5.74, 6) is -5.86. The van der Waals surface area contributed by atoms with Crippen LogP contribution >= 0.6 is 0 Å². The molecule has 136 valence electrons. The second kappa shape index (κ2) is 7.51. The van der Waals surface area contributed by atoms with Crippen molar-refractivity contribution in [1.29, 1.82) is 15.8 Å². The summed E-state index contributed by atoms with van der Waals surface area (Å²) < 4.78 is 10.3. The molecule has 27 heavy (non-hydrogen) atoms. The van der Waals surface area contributed by atoms with Gasteiger partial charge in [-0.3, -0.25) is 0 Å². The Labute approximate surface area is 155 Å². The highest BCUT2D eigenvalue weighted by Gasteiger charge is 2.39. The average Bonchev–Trinajstić information content (AvgIpc) is 2.61. The molecule has 1 heterocycles. The first-order valence-corrected chi connectivity index (χ1v) is 7.83. The maximum atomic E-state index is 12.5. The van der Waals surface area contributed by atoms with Crippen LogP contribution in [0, 0.1) is 39.9 Å². The van der Waals surface area contributed by atoms with Gasteiger partial charge in [-0.05, 0) is 19.4 Å². The third-order valence-electron chi connectivity index (χ3n) is 3.91. The summed E-state index contributed by atoms with van der Waals surface area (Å²) in [6.07, 6.45) is 0. The topological polar surface area (TPSA) is 156 Å². The molecule has 8 nitrogen and oxygen atoms in total. The van der Waals surface area contributed by atoms with E-state index in [1.54, 1.807) is 42.5 Å². The van der Waals surface area contributed by atoms with Crippen molar-refractivity contribution in [2.75, 3.05) is 0 Å². The van der Waals surface area contributed by atoms with Gasteiger partial charge in [0.25, 0.3) is 0 Å². The zero-order valence-corrected chi connectivity index (χ0v) is 14.6. The Morgan fingerprint density at radius 3 is 2.22 bits per heavy atom. The second-order valence-corrected chi connectivity index (χ2v) is 6.14. The molecule has 1 aromatic carbocycles. The van der Waals surface area contributed by atoms with Crippen LogP contribution < -0.4 is 10.8 Å². The Bertz CT molecular complexity index is 927. The zero-order valence-electron chi connectivity index (χ0n) is 14.6. The summed E-state index contributed by atoms with van der Waals surface area (Å²) in [6, 6.07) is 13.3. The molecule has 0 radical (unpaired) electrons. The standard InChI is InChI=1S/C19H16N4O4/c1-19(2)26-17(24)15(18(25)27-19)14(11-6-4-3-5-7-11)13(10-22)16(23)12(8-20)9-21/h3-7,13-14,24H,23H2,1-2H3/p-1/t13-,14+/m1/s1. The number of carbonyl (C=O) groups excluding carboxylic acids is 1. The van der Waals surface area contributed by atoms with Gasteiger partial charge in [-0.15, -0.1) is 0 Å². The first-order valence-electron chi connectivity index (χ1n) is 7.83. The van der Waals surface area contributed by atoms with E-state index in [-0.39, 0.29) is 5.70 Å². The van der Waals surface area contributed by atoms with E-state index in [0.29, 0.717) is 5.56 Å². The van der Waals surface area contributed by atoms with Crippen molar-refractivity contribution < 1.29 is 19.4 Å². The molecule has 1 aromatic rings. The molecule has 0 aromatic heterocycles. The number of ether oxygens (including phenoxy) is 2. The number of esters is 1. The van der Waals surface area contributed by atoms with Gasteiger partial charge in [-0.2, -0.15) is 15.8 Å². The minimum atomic E-state index is -1.45. The van der Waals surface area contributed by atoms with Gasteiger partial charge < -0.3 is 20.3 Å². The first kappa shape index (κ1) is 19.4. The third kappa shape index (κ3) is 3.84. The van der Waals surface area contributed by atoms with Crippen molar-refractivity contribution in [3.8, 4) is 18.2 Å². The van der Waals surface area contributed by atoms with Gasteiger partial charge in [0.15, 0.2) is 5.79 Å². The maximum absolute atomic E-state index is 12.5. The van der Waals surface area contributed by atoms with Crippen LogP contribution in [0.15, 0.2) is 53.1 Å². The molecule has 0 saturated heterocycles. The van der Waals surface area contributed by atoms with E-state index < -0.39 is 40.7 Å². The van der Waals surface area contributed by atoms with Crippen molar-refractivity contribution in [3.05, 3.63) is 58.7 Å². The van der Waals surface area contributed by atoms with Crippen molar-refractivity contribution >= 4 is 5.97 Å². The highest BCUT2D eigenvalue weighted by Crippen LogP contribution is 2.40. The Hall–Kier alpha value is -3.96. The Kier molecular flexibility index (Phi) is 5.39. The zero-order chi connectivity index (χ0) is 20.2. The summed E-state index contributed by atoms with van der Waals surface area (Å²) >= 11 is 0. The SMILES string of the molecule is CC1(C)OC(=O)C([C@@H](c2ccccc2)[C@@H](C#N)C(N)=C(C#N)C#N)=C([O-])O1. The molecule has 1 aliphatic rings. The third-order valence-corrected chi connectivity index (χ3v) is 3.91. The summed E-state index contributed by atoms with van der Waals surface area (Å²) in [6.45, 7) is 2.80. The number of allylic oxidation sites excluding steroid dienone is 2. The normalized spacial score (nSPS) is 17.2. The van der Waals surface area contributed by atoms with Crippen molar-refractivity contribution in [2.24, 2.45) is 11.7 Å². The Morgan fingerprint density at radius 1 is 1.15 bits per heavy atom. The van der Waals surface area contributed by atoms with E-state index in [0.717, 1.165) is 0 Å². The molecule has 0 spiro atoms. The van der Waals surface area contributed by atoms with Crippen LogP contribution in [0.5, 0.6) is 0 Å². The molecular formula is C19H15N4O4-. The summed E-state index contributed by atoms with van der Waals surface area (Å²) in [4.78, 5) is 12.5. The number of cyclic esters (lactones) is 1. The van der Waals surface area contributed by atoms with E-state index >= 15 is 0 Å². The van der Waals surface area contributed by atoms with E-state index in [1.165, 1.54) is 13.8 Å². The van der Waals surface area contributed by atoms with Gasteiger partial charge in [0.2, 0.25) is 0 Å². The first-order chi connectivity index (χ1) is 12.8. The predicted octanol–water partition coefficient (Wildman–Crippen LogP) is 1.05. The fourth-order valence-corrected chi connectivity index (χ4v) is 2.73. The average molecular weight is 363 g/mol. The molecule has 0 amide bonds. The fraction of sp³-hybridized carbons (Fsp3) is 0.263. The van der Waals surface area contributed by atoms with Crippen LogP contribution in [0.4, 0.5) is 0 Å². The van der Waals surface area contributed by atoms with Crippen molar-refractivity contribution in [1.82, 2.24) is 0 Å².